The van der Waals surface area contributed by atoms with E-state index in [9.17, 15) is 0 Å². The molecule has 1 aliphatic heterocycles. The molecule has 0 aromatic carbocycles. The lowest BCUT2D eigenvalue weighted by molar-refractivity contribution is 0.00578. The van der Waals surface area contributed by atoms with Crippen LogP contribution in [0, 0.1) is 11.3 Å². The molecule has 0 saturated carbocycles. The van der Waals surface area contributed by atoms with Crippen molar-refractivity contribution in [3.05, 3.63) is 0 Å². The molecular formula is C10H18BNO2. The molecule has 1 fully saturated rings. The van der Waals surface area contributed by atoms with Gasteiger partial charge in [0, 0.05) is 6.42 Å². The van der Waals surface area contributed by atoms with E-state index in [0.717, 1.165) is 12.7 Å². The molecule has 0 N–H and O–H groups in total. The highest BCUT2D eigenvalue weighted by atomic mass is 16.7. The van der Waals surface area contributed by atoms with Crippen LogP contribution in [0.2, 0.25) is 6.32 Å². The van der Waals surface area contributed by atoms with E-state index in [1.54, 1.807) is 0 Å². The first-order valence-corrected chi connectivity index (χ1v) is 5.12. The first-order chi connectivity index (χ1) is 6.39. The maximum atomic E-state index is 8.41. The highest BCUT2D eigenvalue weighted by Crippen LogP contribution is 2.37. The van der Waals surface area contributed by atoms with Gasteiger partial charge in [-0.25, -0.2) is 0 Å². The lowest BCUT2D eigenvalue weighted by Crippen LogP contribution is -2.41. The van der Waals surface area contributed by atoms with E-state index in [0.29, 0.717) is 6.42 Å². The van der Waals surface area contributed by atoms with Crippen LogP contribution >= 0.6 is 0 Å². The molecule has 0 amide bonds. The Morgan fingerprint density at radius 3 is 2.07 bits per heavy atom. The van der Waals surface area contributed by atoms with Gasteiger partial charge in [-0.2, -0.15) is 5.26 Å². The topological polar surface area (TPSA) is 42.2 Å². The molecule has 1 rings (SSSR count). The minimum Gasteiger partial charge on any atom is -0.403 e. The lowest BCUT2D eigenvalue weighted by Gasteiger charge is -2.32. The Hall–Kier alpha value is -0.525. The zero-order chi connectivity index (χ0) is 10.8. The van der Waals surface area contributed by atoms with Crippen LogP contribution in [0.3, 0.4) is 0 Å². The number of nitriles is 1. The number of unbranched alkanes of at least 4 members (excludes halogenated alkanes) is 1. The third-order valence-corrected chi connectivity index (χ3v) is 3.03. The molecule has 0 radical (unpaired) electrons. The zero-order valence-electron chi connectivity index (χ0n) is 9.46. The summed E-state index contributed by atoms with van der Waals surface area (Å²) in [5.74, 6) is 0. The number of nitrogens with zero attached hydrogens (tertiary/aromatic N) is 1. The average molecular weight is 195 g/mol. The fourth-order valence-corrected chi connectivity index (χ4v) is 1.43. The van der Waals surface area contributed by atoms with Crippen molar-refractivity contribution >= 4 is 7.12 Å². The molecule has 78 valence electrons. The Morgan fingerprint density at radius 1 is 1.14 bits per heavy atom. The Kier molecular flexibility index (Phi) is 3.23. The van der Waals surface area contributed by atoms with E-state index in [2.05, 4.69) is 6.07 Å². The van der Waals surface area contributed by atoms with Crippen LogP contribution in [0.5, 0.6) is 0 Å². The van der Waals surface area contributed by atoms with Crippen molar-refractivity contribution in [2.24, 2.45) is 0 Å². The number of rotatable bonds is 3. The van der Waals surface area contributed by atoms with Gasteiger partial charge in [-0.1, -0.05) is 0 Å². The fourth-order valence-electron chi connectivity index (χ4n) is 1.43. The van der Waals surface area contributed by atoms with Crippen molar-refractivity contribution < 1.29 is 9.31 Å². The molecule has 1 saturated heterocycles. The summed E-state index contributed by atoms with van der Waals surface area (Å²) >= 11 is 0. The van der Waals surface area contributed by atoms with Gasteiger partial charge in [0.15, 0.2) is 0 Å². The van der Waals surface area contributed by atoms with E-state index in [4.69, 9.17) is 14.6 Å². The van der Waals surface area contributed by atoms with Gasteiger partial charge in [-0.3, -0.25) is 0 Å². The summed E-state index contributed by atoms with van der Waals surface area (Å²) in [5.41, 5.74) is -0.491. The third-order valence-electron chi connectivity index (χ3n) is 3.03. The Labute approximate surface area is 86.5 Å². The summed E-state index contributed by atoms with van der Waals surface area (Å²) < 4.78 is 11.6. The molecule has 0 aromatic rings. The highest BCUT2D eigenvalue weighted by Gasteiger charge is 2.50. The van der Waals surface area contributed by atoms with Crippen molar-refractivity contribution in [1.29, 1.82) is 5.26 Å². The monoisotopic (exact) mass is 195 g/mol. The molecule has 0 unspecified atom stereocenters. The summed E-state index contributed by atoms with van der Waals surface area (Å²) in [7, 11) is -0.145. The maximum absolute atomic E-state index is 8.41. The van der Waals surface area contributed by atoms with E-state index < -0.39 is 0 Å². The van der Waals surface area contributed by atoms with E-state index in [-0.39, 0.29) is 18.3 Å². The fraction of sp³-hybridized carbons (Fsp3) is 0.900. The van der Waals surface area contributed by atoms with Crippen LogP contribution in [0.15, 0.2) is 0 Å². The van der Waals surface area contributed by atoms with E-state index in [1.807, 2.05) is 27.7 Å². The average Bonchev–Trinajstić information content (AvgIpc) is 2.21. The first-order valence-electron chi connectivity index (χ1n) is 5.12. The lowest BCUT2D eigenvalue weighted by atomic mass is 9.82. The summed E-state index contributed by atoms with van der Waals surface area (Å²) in [4.78, 5) is 0. The van der Waals surface area contributed by atoms with Gasteiger partial charge in [-0.15, -0.1) is 0 Å². The second kappa shape index (κ2) is 3.92. The summed E-state index contributed by atoms with van der Waals surface area (Å²) in [6.45, 7) is 8.16. The van der Waals surface area contributed by atoms with Crippen LogP contribution in [0.1, 0.15) is 40.5 Å². The van der Waals surface area contributed by atoms with E-state index in [1.165, 1.54) is 0 Å². The Balaban J connectivity index is 2.44. The molecule has 0 aliphatic carbocycles. The van der Waals surface area contributed by atoms with Crippen LogP contribution in [-0.4, -0.2) is 18.3 Å². The maximum Gasteiger partial charge on any atom is 0.457 e. The van der Waals surface area contributed by atoms with Crippen LogP contribution < -0.4 is 0 Å². The SMILES string of the molecule is CC1(C)OB(CCCC#N)OC1(C)C. The normalized spacial score (nSPS) is 23.5. The van der Waals surface area contributed by atoms with Crippen LogP contribution in [0.4, 0.5) is 0 Å². The highest BCUT2D eigenvalue weighted by molar-refractivity contribution is 6.45. The molecule has 0 bridgehead atoms. The quantitative estimate of drug-likeness (QED) is 0.512. The third kappa shape index (κ3) is 2.28. The van der Waals surface area contributed by atoms with Gasteiger partial charge >= 0.3 is 7.12 Å². The Bertz CT molecular complexity index is 229. The van der Waals surface area contributed by atoms with E-state index >= 15 is 0 Å². The van der Waals surface area contributed by atoms with Crippen LogP contribution in [-0.2, 0) is 9.31 Å². The van der Waals surface area contributed by atoms with Gasteiger partial charge in [0.25, 0.3) is 0 Å². The molecule has 4 heteroatoms. The minimum absolute atomic E-state index is 0.145. The van der Waals surface area contributed by atoms with Gasteiger partial charge < -0.3 is 9.31 Å². The molecular weight excluding hydrogens is 177 g/mol. The van der Waals surface area contributed by atoms with Crippen molar-refractivity contribution in [2.75, 3.05) is 0 Å². The predicted molar refractivity (Wildman–Crippen MR) is 55.7 cm³/mol. The molecule has 3 nitrogen and oxygen atoms in total. The molecule has 0 aromatic heterocycles. The Morgan fingerprint density at radius 2 is 1.64 bits per heavy atom. The summed E-state index contributed by atoms with van der Waals surface area (Å²) in [6, 6.07) is 2.12. The predicted octanol–water partition coefficient (Wildman–Crippen LogP) is 2.38. The van der Waals surface area contributed by atoms with Crippen molar-refractivity contribution in [3.63, 3.8) is 0 Å². The van der Waals surface area contributed by atoms with Crippen molar-refractivity contribution in [3.8, 4) is 6.07 Å². The standard InChI is InChI=1S/C10H18BNO2/c1-9(2)10(3,4)14-11(13-9)7-5-6-8-12/h5-7H2,1-4H3. The number of hydrogen-bond acceptors (Lipinski definition) is 3. The first kappa shape index (κ1) is 11.5. The van der Waals surface area contributed by atoms with Gasteiger partial charge in [0.1, 0.15) is 0 Å². The second-order valence-electron chi connectivity index (χ2n) is 4.74. The molecule has 1 heterocycles. The molecule has 1 aliphatic rings. The van der Waals surface area contributed by atoms with Gasteiger partial charge in [0.05, 0.1) is 17.3 Å². The smallest absolute Gasteiger partial charge is 0.403 e. The molecule has 0 atom stereocenters. The summed E-state index contributed by atoms with van der Waals surface area (Å²) in [5, 5.41) is 8.41. The number of hydrogen-bond donors (Lipinski definition) is 0. The van der Waals surface area contributed by atoms with Gasteiger partial charge in [0.2, 0.25) is 0 Å². The van der Waals surface area contributed by atoms with Crippen LogP contribution in [0.25, 0.3) is 0 Å². The van der Waals surface area contributed by atoms with Gasteiger partial charge in [-0.05, 0) is 40.4 Å². The van der Waals surface area contributed by atoms with Crippen molar-refractivity contribution in [2.45, 2.75) is 58.1 Å². The largest absolute Gasteiger partial charge is 0.457 e. The van der Waals surface area contributed by atoms with Crippen molar-refractivity contribution in [1.82, 2.24) is 0 Å². The molecule has 0 spiro atoms. The summed E-state index contributed by atoms with van der Waals surface area (Å²) in [6.07, 6.45) is 2.22. The minimum atomic E-state index is -0.246. The second-order valence-corrected chi connectivity index (χ2v) is 4.74. The zero-order valence-corrected chi connectivity index (χ0v) is 9.46. The molecule has 14 heavy (non-hydrogen) atoms.